The fourth-order valence-electron chi connectivity index (χ4n) is 3.86. The van der Waals surface area contributed by atoms with Gasteiger partial charge >= 0.3 is 0 Å². The Morgan fingerprint density at radius 3 is 2.08 bits per heavy atom. The van der Waals surface area contributed by atoms with Crippen LogP contribution < -0.4 is 4.74 Å². The van der Waals surface area contributed by atoms with Crippen LogP contribution >= 0.6 is 0 Å². The van der Waals surface area contributed by atoms with Gasteiger partial charge in [-0.25, -0.2) is 23.1 Å². The van der Waals surface area contributed by atoms with E-state index >= 15 is 0 Å². The number of rotatable bonds is 8. The number of aromatic nitrogens is 2. The lowest BCUT2D eigenvalue weighted by atomic mass is 9.99. The second-order valence-electron chi connectivity index (χ2n) is 8.11. The van der Waals surface area contributed by atoms with E-state index in [2.05, 4.69) is 9.97 Å². The molecular formula is C29H24F4N2O. The topological polar surface area (TPSA) is 35.0 Å². The Labute approximate surface area is 207 Å². The average molecular weight is 493 g/mol. The molecule has 0 aliphatic rings. The molecule has 0 spiro atoms. The highest BCUT2D eigenvalue weighted by atomic mass is 19.2. The first-order chi connectivity index (χ1) is 17.4. The molecule has 0 aliphatic carbocycles. The third-order valence-corrected chi connectivity index (χ3v) is 5.73. The van der Waals surface area contributed by atoms with E-state index in [0.29, 0.717) is 12.0 Å². The molecule has 0 amide bonds. The van der Waals surface area contributed by atoms with Gasteiger partial charge in [0, 0.05) is 23.5 Å². The lowest BCUT2D eigenvalue weighted by molar-refractivity contribution is 0.314. The first kappa shape index (κ1) is 25.1. The Kier molecular flexibility index (Phi) is 7.78. The van der Waals surface area contributed by atoms with Gasteiger partial charge in [0.25, 0.3) is 0 Å². The molecule has 184 valence electrons. The normalized spacial score (nSPS) is 11.3. The fourth-order valence-corrected chi connectivity index (χ4v) is 3.86. The molecule has 7 heteroatoms. The molecule has 0 aliphatic heterocycles. The standard InChI is InChI=1S/C29H24F4N2O/c1-3-5-19-16-34-29(35-17-19)23-13-12-21(25(30)27(23)32)11-8-18-6-9-20(10-7-18)22-14-15-24(36-4-2)28(33)26(22)31/h3,5-7,9-10,12-17H,4,8,11H2,1-2H3/b5-3+. The smallest absolute Gasteiger partial charge is 0.201 e. The highest BCUT2D eigenvalue weighted by Gasteiger charge is 2.17. The van der Waals surface area contributed by atoms with Crippen LogP contribution in [0.15, 0.2) is 67.0 Å². The lowest BCUT2D eigenvalue weighted by Crippen LogP contribution is -2.01. The number of hydrogen-bond donors (Lipinski definition) is 0. The molecule has 0 saturated carbocycles. The van der Waals surface area contributed by atoms with Crippen molar-refractivity contribution in [1.82, 2.24) is 9.97 Å². The highest BCUT2D eigenvalue weighted by Crippen LogP contribution is 2.30. The van der Waals surface area contributed by atoms with Crippen LogP contribution in [0.2, 0.25) is 0 Å². The summed E-state index contributed by atoms with van der Waals surface area (Å²) in [6, 6.07) is 12.7. The first-order valence-electron chi connectivity index (χ1n) is 11.5. The van der Waals surface area contributed by atoms with E-state index in [1.165, 1.54) is 24.3 Å². The van der Waals surface area contributed by atoms with E-state index in [1.54, 1.807) is 43.6 Å². The van der Waals surface area contributed by atoms with Crippen LogP contribution in [0.4, 0.5) is 17.6 Å². The maximum Gasteiger partial charge on any atom is 0.201 e. The molecule has 4 rings (SSSR count). The van der Waals surface area contributed by atoms with Crippen molar-refractivity contribution in [3.8, 4) is 28.3 Å². The first-order valence-corrected chi connectivity index (χ1v) is 11.5. The molecule has 0 fully saturated rings. The summed E-state index contributed by atoms with van der Waals surface area (Å²) in [4.78, 5) is 8.25. The summed E-state index contributed by atoms with van der Waals surface area (Å²) < 4.78 is 63.3. The summed E-state index contributed by atoms with van der Waals surface area (Å²) in [5.74, 6) is -3.95. The van der Waals surface area contributed by atoms with E-state index in [1.807, 2.05) is 19.1 Å². The molecule has 3 nitrogen and oxygen atoms in total. The second kappa shape index (κ2) is 11.2. The lowest BCUT2D eigenvalue weighted by Gasteiger charge is -2.10. The number of benzene rings is 3. The Hall–Kier alpha value is -4.00. The van der Waals surface area contributed by atoms with Gasteiger partial charge in [-0.2, -0.15) is 4.39 Å². The van der Waals surface area contributed by atoms with Crippen molar-refractivity contribution in [2.75, 3.05) is 6.61 Å². The van der Waals surface area contributed by atoms with Crippen molar-refractivity contribution in [3.05, 3.63) is 107 Å². The average Bonchev–Trinajstić information content (AvgIpc) is 2.89. The Morgan fingerprint density at radius 2 is 1.42 bits per heavy atom. The third-order valence-electron chi connectivity index (χ3n) is 5.73. The van der Waals surface area contributed by atoms with Crippen LogP contribution in [0.25, 0.3) is 28.6 Å². The zero-order valence-electron chi connectivity index (χ0n) is 19.9. The second-order valence-corrected chi connectivity index (χ2v) is 8.11. The fraction of sp³-hybridized carbons (Fsp3) is 0.172. The van der Waals surface area contributed by atoms with Crippen molar-refractivity contribution in [1.29, 1.82) is 0 Å². The summed E-state index contributed by atoms with van der Waals surface area (Å²) in [5, 5.41) is 0. The van der Waals surface area contributed by atoms with Gasteiger partial charge in [0.05, 0.1) is 12.2 Å². The van der Waals surface area contributed by atoms with Crippen molar-refractivity contribution < 1.29 is 22.3 Å². The predicted octanol–water partition coefficient (Wildman–Crippen LogP) is 7.58. The minimum atomic E-state index is -1.03. The minimum absolute atomic E-state index is 0.00255. The van der Waals surface area contributed by atoms with E-state index < -0.39 is 23.3 Å². The molecule has 0 radical (unpaired) electrons. The van der Waals surface area contributed by atoms with Gasteiger partial charge in [-0.3, -0.25) is 0 Å². The Balaban J connectivity index is 1.47. The molecule has 0 N–H and O–H groups in total. The molecule has 1 heterocycles. The molecule has 0 unspecified atom stereocenters. The van der Waals surface area contributed by atoms with Crippen LogP contribution in [0.3, 0.4) is 0 Å². The maximum absolute atomic E-state index is 14.8. The predicted molar refractivity (Wildman–Crippen MR) is 132 cm³/mol. The number of hydrogen-bond acceptors (Lipinski definition) is 3. The quantitative estimate of drug-likeness (QED) is 0.238. The summed E-state index contributed by atoms with van der Waals surface area (Å²) in [7, 11) is 0. The number of allylic oxidation sites excluding steroid dienone is 1. The maximum atomic E-state index is 14.8. The molecule has 4 aromatic rings. The summed E-state index contributed by atoms with van der Waals surface area (Å²) >= 11 is 0. The Morgan fingerprint density at radius 1 is 0.750 bits per heavy atom. The van der Waals surface area contributed by atoms with Gasteiger partial charge < -0.3 is 4.74 Å². The number of aryl methyl sites for hydroxylation is 2. The molecule has 3 aromatic carbocycles. The minimum Gasteiger partial charge on any atom is -0.491 e. The summed E-state index contributed by atoms with van der Waals surface area (Å²) in [5.41, 5.74) is 2.45. The molecule has 0 saturated heterocycles. The molecule has 0 atom stereocenters. The van der Waals surface area contributed by atoms with Crippen molar-refractivity contribution in [2.24, 2.45) is 0 Å². The van der Waals surface area contributed by atoms with E-state index in [0.717, 1.165) is 11.1 Å². The zero-order valence-corrected chi connectivity index (χ0v) is 19.9. The van der Waals surface area contributed by atoms with Crippen molar-refractivity contribution >= 4 is 6.08 Å². The number of ether oxygens (including phenoxy) is 1. The monoisotopic (exact) mass is 492 g/mol. The van der Waals surface area contributed by atoms with E-state index in [4.69, 9.17) is 4.74 Å². The molecule has 1 aromatic heterocycles. The Bertz CT molecular complexity index is 1380. The summed E-state index contributed by atoms with van der Waals surface area (Å²) in [6.07, 6.45) is 7.43. The highest BCUT2D eigenvalue weighted by molar-refractivity contribution is 5.65. The number of halogens is 4. The molecule has 36 heavy (non-hydrogen) atoms. The molecule has 0 bridgehead atoms. The van der Waals surface area contributed by atoms with Gasteiger partial charge in [0.2, 0.25) is 5.82 Å². The van der Waals surface area contributed by atoms with Gasteiger partial charge in [-0.15, -0.1) is 0 Å². The van der Waals surface area contributed by atoms with E-state index in [9.17, 15) is 17.6 Å². The van der Waals surface area contributed by atoms with Crippen LogP contribution in [0, 0.1) is 23.3 Å². The van der Waals surface area contributed by atoms with E-state index in [-0.39, 0.29) is 41.3 Å². The number of nitrogens with zero attached hydrogens (tertiary/aromatic N) is 2. The van der Waals surface area contributed by atoms with Gasteiger partial charge in [0.15, 0.2) is 29.0 Å². The SMILES string of the molecule is C/C=C/c1cnc(-c2ccc(CCc3ccc(-c4ccc(OCC)c(F)c4F)cc3)c(F)c2F)nc1. The zero-order chi connectivity index (χ0) is 25.7. The van der Waals surface area contributed by atoms with Gasteiger partial charge in [-0.05, 0) is 61.6 Å². The largest absolute Gasteiger partial charge is 0.491 e. The third kappa shape index (κ3) is 5.30. The summed E-state index contributed by atoms with van der Waals surface area (Å²) in [6.45, 7) is 3.78. The van der Waals surface area contributed by atoms with Crippen molar-refractivity contribution in [2.45, 2.75) is 26.7 Å². The van der Waals surface area contributed by atoms with Crippen LogP contribution in [0.5, 0.6) is 5.75 Å². The van der Waals surface area contributed by atoms with Crippen molar-refractivity contribution in [3.63, 3.8) is 0 Å². The van der Waals surface area contributed by atoms with Gasteiger partial charge in [-0.1, -0.05) is 42.5 Å². The van der Waals surface area contributed by atoms with Crippen LogP contribution in [0.1, 0.15) is 30.5 Å². The van der Waals surface area contributed by atoms with Crippen LogP contribution in [-0.2, 0) is 12.8 Å². The molecular weight excluding hydrogens is 468 g/mol. The van der Waals surface area contributed by atoms with Gasteiger partial charge in [0.1, 0.15) is 0 Å². The van der Waals surface area contributed by atoms with Crippen LogP contribution in [-0.4, -0.2) is 16.6 Å².